The summed E-state index contributed by atoms with van der Waals surface area (Å²) in [5, 5.41) is 20.1. The number of carbonyl (C=O) groups excluding carboxylic acids is 1. The van der Waals surface area contributed by atoms with Crippen molar-refractivity contribution in [2.75, 3.05) is 20.3 Å². The van der Waals surface area contributed by atoms with Crippen LogP contribution < -0.4 is 5.32 Å². The fourth-order valence-corrected chi connectivity index (χ4v) is 0.709. The number of ether oxygens (including phenoxy) is 1. The number of nitrogens with one attached hydrogen (secondary N) is 1. The van der Waals surface area contributed by atoms with Gasteiger partial charge in [-0.25, -0.2) is 4.79 Å². The van der Waals surface area contributed by atoms with Crippen molar-refractivity contribution in [3.8, 4) is 0 Å². The van der Waals surface area contributed by atoms with Gasteiger partial charge in [-0.2, -0.15) is 0 Å². The third-order valence-electron chi connectivity index (χ3n) is 1.83. The van der Waals surface area contributed by atoms with E-state index in [-0.39, 0.29) is 13.2 Å². The molecule has 5 heteroatoms. The Morgan fingerprint density at radius 1 is 1.50 bits per heavy atom. The summed E-state index contributed by atoms with van der Waals surface area (Å²) in [6.45, 7) is 1.13. The van der Waals surface area contributed by atoms with Gasteiger partial charge in [-0.3, -0.25) is 0 Å². The van der Waals surface area contributed by atoms with Gasteiger partial charge in [0.15, 0.2) is 0 Å². The van der Waals surface area contributed by atoms with Crippen LogP contribution in [0, 0.1) is 0 Å². The van der Waals surface area contributed by atoms with Crippen LogP contribution in [0.1, 0.15) is 13.3 Å². The molecule has 0 saturated carbocycles. The maximum Gasteiger partial charge on any atom is 0.407 e. The van der Waals surface area contributed by atoms with Crippen LogP contribution in [0.4, 0.5) is 4.79 Å². The minimum atomic E-state index is -0.965. The smallest absolute Gasteiger partial charge is 0.407 e. The average molecular weight is 177 g/mol. The molecule has 0 aliphatic heterocycles. The zero-order valence-corrected chi connectivity index (χ0v) is 7.33. The van der Waals surface area contributed by atoms with E-state index in [4.69, 9.17) is 10.2 Å². The number of methoxy groups -OCH3 is 1. The normalized spacial score (nSPS) is 11.0. The van der Waals surface area contributed by atoms with E-state index >= 15 is 0 Å². The maximum atomic E-state index is 10.7. The zero-order chi connectivity index (χ0) is 9.61. The van der Waals surface area contributed by atoms with E-state index in [2.05, 4.69) is 10.1 Å². The lowest BCUT2D eigenvalue weighted by Gasteiger charge is -2.28. The first-order chi connectivity index (χ1) is 5.64. The number of hydrogen-bond donors (Lipinski definition) is 3. The molecule has 0 spiro atoms. The molecule has 0 aliphatic rings. The Bertz CT molecular complexity index is 136. The lowest BCUT2D eigenvalue weighted by molar-refractivity contribution is 0.0786. The van der Waals surface area contributed by atoms with Gasteiger partial charge in [0.2, 0.25) is 0 Å². The number of amides is 1. The quantitative estimate of drug-likeness (QED) is 0.539. The second-order valence-electron chi connectivity index (χ2n) is 2.57. The van der Waals surface area contributed by atoms with Crippen LogP contribution in [-0.4, -0.2) is 42.2 Å². The Morgan fingerprint density at radius 3 is 2.25 bits per heavy atom. The van der Waals surface area contributed by atoms with Crippen LogP contribution in [0.5, 0.6) is 0 Å². The van der Waals surface area contributed by atoms with Crippen LogP contribution in [0.15, 0.2) is 0 Å². The molecule has 0 aliphatic carbocycles. The third-order valence-corrected chi connectivity index (χ3v) is 1.83. The zero-order valence-electron chi connectivity index (χ0n) is 7.33. The van der Waals surface area contributed by atoms with E-state index in [1.807, 2.05) is 0 Å². The number of rotatable bonds is 4. The van der Waals surface area contributed by atoms with Crippen molar-refractivity contribution in [1.29, 1.82) is 0 Å². The Morgan fingerprint density at radius 2 is 2.00 bits per heavy atom. The van der Waals surface area contributed by atoms with Crippen molar-refractivity contribution in [1.82, 2.24) is 5.32 Å². The molecule has 0 heterocycles. The number of hydrogen-bond acceptors (Lipinski definition) is 4. The largest absolute Gasteiger partial charge is 0.453 e. The van der Waals surface area contributed by atoms with E-state index in [1.54, 1.807) is 6.92 Å². The Labute approximate surface area is 71.3 Å². The van der Waals surface area contributed by atoms with E-state index in [0.29, 0.717) is 6.42 Å². The summed E-state index contributed by atoms with van der Waals surface area (Å²) in [6.07, 6.45) is -0.213. The highest BCUT2D eigenvalue weighted by molar-refractivity contribution is 5.68. The van der Waals surface area contributed by atoms with Crippen molar-refractivity contribution in [2.24, 2.45) is 0 Å². The first-order valence-electron chi connectivity index (χ1n) is 3.72. The summed E-state index contributed by atoms with van der Waals surface area (Å²) in [5.74, 6) is 0. The van der Waals surface area contributed by atoms with E-state index in [9.17, 15) is 4.79 Å². The summed E-state index contributed by atoms with van der Waals surface area (Å²) in [7, 11) is 1.23. The predicted molar refractivity (Wildman–Crippen MR) is 42.7 cm³/mol. The summed E-state index contributed by atoms with van der Waals surface area (Å²) in [5.41, 5.74) is -0.965. The average Bonchev–Trinajstić information content (AvgIpc) is 2.14. The molecule has 0 radical (unpaired) electrons. The molecule has 0 fully saturated rings. The minimum Gasteiger partial charge on any atom is -0.453 e. The number of aliphatic hydroxyl groups is 2. The number of carbonyl (C=O) groups is 1. The highest BCUT2D eigenvalue weighted by Gasteiger charge is 2.28. The van der Waals surface area contributed by atoms with Gasteiger partial charge < -0.3 is 20.3 Å². The topological polar surface area (TPSA) is 78.8 Å². The molecule has 0 saturated heterocycles. The Balaban J connectivity index is 4.19. The van der Waals surface area contributed by atoms with Gasteiger partial charge in [0, 0.05) is 0 Å². The van der Waals surface area contributed by atoms with Gasteiger partial charge in [-0.15, -0.1) is 0 Å². The molecule has 0 rings (SSSR count). The standard InChI is InChI=1S/C7H15NO4/c1-3-7(4-9,5-10)8-6(11)12-2/h9-10H,3-5H2,1-2H3,(H,8,11). The molecule has 0 aromatic rings. The Kier molecular flexibility index (Phi) is 4.61. The lowest BCUT2D eigenvalue weighted by atomic mass is 9.99. The van der Waals surface area contributed by atoms with E-state index in [1.165, 1.54) is 7.11 Å². The van der Waals surface area contributed by atoms with Gasteiger partial charge in [0.05, 0.1) is 25.9 Å². The van der Waals surface area contributed by atoms with Crippen molar-refractivity contribution >= 4 is 6.09 Å². The molecule has 12 heavy (non-hydrogen) atoms. The molecule has 0 aromatic carbocycles. The summed E-state index contributed by atoms with van der Waals surface area (Å²) in [4.78, 5) is 10.7. The first kappa shape index (κ1) is 11.2. The van der Waals surface area contributed by atoms with Crippen LogP contribution in [-0.2, 0) is 4.74 Å². The molecule has 0 atom stereocenters. The van der Waals surface area contributed by atoms with Gasteiger partial charge in [0.25, 0.3) is 0 Å². The van der Waals surface area contributed by atoms with Gasteiger partial charge in [-0.1, -0.05) is 6.92 Å². The van der Waals surface area contributed by atoms with Crippen LogP contribution in [0.25, 0.3) is 0 Å². The van der Waals surface area contributed by atoms with E-state index in [0.717, 1.165) is 0 Å². The maximum absolute atomic E-state index is 10.7. The second-order valence-corrected chi connectivity index (χ2v) is 2.57. The summed E-state index contributed by atoms with van der Waals surface area (Å²) in [6, 6.07) is 0. The molecular formula is C7H15NO4. The lowest BCUT2D eigenvalue weighted by Crippen LogP contribution is -2.53. The highest BCUT2D eigenvalue weighted by atomic mass is 16.5. The number of aliphatic hydroxyl groups excluding tert-OH is 2. The third kappa shape index (κ3) is 2.67. The molecule has 1 amide bonds. The minimum absolute atomic E-state index is 0.310. The van der Waals surface area contributed by atoms with Gasteiger partial charge in [0.1, 0.15) is 0 Å². The molecule has 72 valence electrons. The molecule has 5 nitrogen and oxygen atoms in total. The summed E-state index contributed by atoms with van der Waals surface area (Å²) >= 11 is 0. The fraction of sp³-hybridized carbons (Fsp3) is 0.857. The second kappa shape index (κ2) is 4.95. The van der Waals surface area contributed by atoms with Crippen molar-refractivity contribution < 1.29 is 19.7 Å². The van der Waals surface area contributed by atoms with E-state index < -0.39 is 11.6 Å². The van der Waals surface area contributed by atoms with Crippen LogP contribution in [0.3, 0.4) is 0 Å². The van der Waals surface area contributed by atoms with Crippen LogP contribution in [0.2, 0.25) is 0 Å². The van der Waals surface area contributed by atoms with Crippen LogP contribution >= 0.6 is 0 Å². The molecule has 3 N–H and O–H groups in total. The van der Waals surface area contributed by atoms with Crippen molar-refractivity contribution in [2.45, 2.75) is 18.9 Å². The Hall–Kier alpha value is -0.810. The number of alkyl carbamates (subject to hydrolysis) is 1. The SMILES string of the molecule is CCC(CO)(CO)NC(=O)OC. The fourth-order valence-electron chi connectivity index (χ4n) is 0.709. The van der Waals surface area contributed by atoms with Crippen molar-refractivity contribution in [3.63, 3.8) is 0 Å². The molecular weight excluding hydrogens is 162 g/mol. The predicted octanol–water partition coefficient (Wildman–Crippen LogP) is -0.524. The molecule has 0 unspecified atom stereocenters. The molecule has 0 bridgehead atoms. The van der Waals surface area contributed by atoms with Crippen molar-refractivity contribution in [3.05, 3.63) is 0 Å². The first-order valence-corrected chi connectivity index (χ1v) is 3.72. The van der Waals surface area contributed by atoms with Gasteiger partial charge >= 0.3 is 6.09 Å². The monoisotopic (exact) mass is 177 g/mol. The highest BCUT2D eigenvalue weighted by Crippen LogP contribution is 2.07. The molecule has 0 aromatic heterocycles. The summed E-state index contributed by atoms with van der Waals surface area (Å²) < 4.78 is 4.34. The van der Waals surface area contributed by atoms with Gasteiger partial charge in [-0.05, 0) is 6.42 Å².